The number of hydrogen-bond donors (Lipinski definition) is 2. The van der Waals surface area contributed by atoms with Gasteiger partial charge in [-0.1, -0.05) is 0 Å². The topological polar surface area (TPSA) is 83.6 Å². The van der Waals surface area contributed by atoms with Gasteiger partial charge < -0.3 is 10.8 Å². The Kier molecular flexibility index (Phi) is 4.44. The largest absolute Gasteiger partial charge is 0.398 e. The summed E-state index contributed by atoms with van der Waals surface area (Å²) in [6.07, 6.45) is 0.188. The number of aliphatic hydroxyl groups is 1. The number of aryl methyl sites for hydroxylation is 1. The number of nitrogen functional groups attached to an aromatic ring is 1. The molecule has 20 heavy (non-hydrogen) atoms. The molecule has 0 spiro atoms. The van der Waals surface area contributed by atoms with E-state index in [1.807, 2.05) is 0 Å². The maximum Gasteiger partial charge on any atom is 0.243 e. The molecule has 1 heterocycles. The van der Waals surface area contributed by atoms with Crippen molar-refractivity contribution in [1.29, 1.82) is 0 Å². The van der Waals surface area contributed by atoms with Gasteiger partial charge >= 0.3 is 0 Å². The van der Waals surface area contributed by atoms with Crippen LogP contribution in [-0.4, -0.2) is 37.0 Å². The molecule has 5 nitrogen and oxygen atoms in total. The Morgan fingerprint density at radius 1 is 1.50 bits per heavy atom. The first-order valence-corrected chi connectivity index (χ1v) is 8.70. The molecule has 0 bridgehead atoms. The van der Waals surface area contributed by atoms with E-state index >= 15 is 0 Å². The van der Waals surface area contributed by atoms with Crippen molar-refractivity contribution in [2.75, 3.05) is 18.8 Å². The van der Waals surface area contributed by atoms with Gasteiger partial charge in [-0.3, -0.25) is 0 Å². The summed E-state index contributed by atoms with van der Waals surface area (Å²) < 4.78 is 27.4. The van der Waals surface area contributed by atoms with Crippen LogP contribution in [0.25, 0.3) is 0 Å². The van der Waals surface area contributed by atoms with Crippen LogP contribution in [0, 0.1) is 12.8 Å². The Balaban J connectivity index is 2.35. The van der Waals surface area contributed by atoms with E-state index in [-0.39, 0.29) is 10.8 Å². The van der Waals surface area contributed by atoms with E-state index in [1.165, 1.54) is 10.4 Å². The number of rotatable bonds is 3. The number of hydrogen-bond acceptors (Lipinski definition) is 4. The standard InChI is InChI=1S/C13H19BrN2O3S/c1-8-5-11(14)12(15)6-13(8)20(18,19)16-4-3-10(7-16)9(2)17/h5-6,9-10,17H,3-4,7,15H2,1-2H3. The second kappa shape index (κ2) is 5.63. The van der Waals surface area contributed by atoms with Gasteiger partial charge in [0.25, 0.3) is 0 Å². The van der Waals surface area contributed by atoms with E-state index in [9.17, 15) is 13.5 Å². The summed E-state index contributed by atoms with van der Waals surface area (Å²) in [4.78, 5) is 0.240. The molecule has 112 valence electrons. The molecule has 2 atom stereocenters. The fraction of sp³-hybridized carbons (Fsp3) is 0.538. The lowest BCUT2D eigenvalue weighted by Gasteiger charge is -2.19. The first-order valence-electron chi connectivity index (χ1n) is 6.47. The van der Waals surface area contributed by atoms with Gasteiger partial charge in [0.05, 0.1) is 11.0 Å². The maximum atomic E-state index is 12.7. The third kappa shape index (κ3) is 2.86. The minimum Gasteiger partial charge on any atom is -0.398 e. The molecule has 1 aliphatic rings. The fourth-order valence-electron chi connectivity index (χ4n) is 2.45. The van der Waals surface area contributed by atoms with E-state index in [1.54, 1.807) is 19.9 Å². The van der Waals surface area contributed by atoms with Crippen LogP contribution in [0.3, 0.4) is 0 Å². The molecule has 1 aromatic rings. The highest BCUT2D eigenvalue weighted by Gasteiger charge is 2.35. The number of nitrogens with zero attached hydrogens (tertiary/aromatic N) is 1. The zero-order chi connectivity index (χ0) is 15.1. The summed E-state index contributed by atoms with van der Waals surface area (Å²) in [5.41, 5.74) is 6.85. The van der Waals surface area contributed by atoms with E-state index in [2.05, 4.69) is 15.9 Å². The molecule has 0 amide bonds. The summed E-state index contributed by atoms with van der Waals surface area (Å²) in [7, 11) is -3.55. The molecule has 2 rings (SSSR count). The van der Waals surface area contributed by atoms with Gasteiger partial charge in [0, 0.05) is 23.2 Å². The van der Waals surface area contributed by atoms with Gasteiger partial charge in [-0.2, -0.15) is 4.31 Å². The van der Waals surface area contributed by atoms with Crippen LogP contribution in [-0.2, 0) is 10.0 Å². The first kappa shape index (κ1) is 15.8. The SMILES string of the molecule is Cc1cc(Br)c(N)cc1S(=O)(=O)N1CCC(C(C)O)C1. The van der Waals surface area contributed by atoms with Crippen LogP contribution in [0.1, 0.15) is 18.9 Å². The Hall–Kier alpha value is -0.630. The molecule has 1 aromatic carbocycles. The lowest BCUT2D eigenvalue weighted by molar-refractivity contribution is 0.133. The number of sulfonamides is 1. The van der Waals surface area contributed by atoms with E-state index in [4.69, 9.17) is 5.73 Å². The average Bonchev–Trinajstić information content (AvgIpc) is 2.83. The fourth-order valence-corrected chi connectivity index (χ4v) is 4.66. The van der Waals surface area contributed by atoms with Gasteiger partial charge in [-0.15, -0.1) is 0 Å². The normalized spacial score (nSPS) is 22.1. The van der Waals surface area contributed by atoms with Crippen LogP contribution < -0.4 is 5.73 Å². The molecule has 1 saturated heterocycles. The van der Waals surface area contributed by atoms with Crippen molar-refractivity contribution in [3.8, 4) is 0 Å². The summed E-state index contributed by atoms with van der Waals surface area (Å²) >= 11 is 3.29. The number of benzene rings is 1. The first-order chi connectivity index (χ1) is 9.23. The zero-order valence-corrected chi connectivity index (χ0v) is 13.9. The van der Waals surface area contributed by atoms with Gasteiger partial charge in [-0.25, -0.2) is 8.42 Å². The molecule has 2 unspecified atom stereocenters. The molecule has 0 aromatic heterocycles. The van der Waals surface area contributed by atoms with Gasteiger partial charge in [0.1, 0.15) is 0 Å². The highest BCUT2D eigenvalue weighted by atomic mass is 79.9. The van der Waals surface area contributed by atoms with Crippen LogP contribution >= 0.6 is 15.9 Å². The highest BCUT2D eigenvalue weighted by Crippen LogP contribution is 2.31. The second-order valence-corrected chi connectivity index (χ2v) is 8.05. The molecule has 0 saturated carbocycles. The third-order valence-corrected chi connectivity index (χ3v) is 6.48. The summed E-state index contributed by atoms with van der Waals surface area (Å²) in [5, 5.41) is 9.59. The number of anilines is 1. The molecule has 1 aliphatic heterocycles. The lowest BCUT2D eigenvalue weighted by Crippen LogP contribution is -2.31. The Labute approximate surface area is 128 Å². The molecule has 1 fully saturated rings. The van der Waals surface area contributed by atoms with E-state index < -0.39 is 16.1 Å². The Morgan fingerprint density at radius 3 is 2.70 bits per heavy atom. The quantitative estimate of drug-likeness (QED) is 0.802. The van der Waals surface area contributed by atoms with Crippen molar-refractivity contribution in [2.24, 2.45) is 5.92 Å². The minimum atomic E-state index is -3.55. The lowest BCUT2D eigenvalue weighted by atomic mass is 10.0. The smallest absolute Gasteiger partial charge is 0.243 e. The van der Waals surface area contributed by atoms with Gasteiger partial charge in [0.15, 0.2) is 0 Å². The number of nitrogens with two attached hydrogens (primary N) is 1. The molecule has 0 radical (unpaired) electrons. The van der Waals surface area contributed by atoms with Crippen molar-refractivity contribution in [2.45, 2.75) is 31.3 Å². The van der Waals surface area contributed by atoms with Crippen LogP contribution in [0.4, 0.5) is 5.69 Å². The summed E-state index contributed by atoms with van der Waals surface area (Å²) in [6.45, 7) is 4.24. The second-order valence-electron chi connectivity index (χ2n) is 5.29. The van der Waals surface area contributed by atoms with Crippen molar-refractivity contribution in [3.05, 3.63) is 22.2 Å². The predicted octanol–water partition coefficient (Wildman–Crippen LogP) is 1.73. The van der Waals surface area contributed by atoms with E-state index in [0.29, 0.717) is 35.2 Å². The third-order valence-electron chi connectivity index (χ3n) is 3.78. The Bertz CT molecular complexity index is 616. The van der Waals surface area contributed by atoms with Crippen molar-refractivity contribution < 1.29 is 13.5 Å². The number of halogens is 1. The van der Waals surface area contributed by atoms with Gasteiger partial charge in [0.2, 0.25) is 10.0 Å². The zero-order valence-electron chi connectivity index (χ0n) is 11.5. The van der Waals surface area contributed by atoms with Crippen molar-refractivity contribution >= 4 is 31.6 Å². The van der Waals surface area contributed by atoms with Crippen LogP contribution in [0.15, 0.2) is 21.5 Å². The van der Waals surface area contributed by atoms with Gasteiger partial charge in [-0.05, 0) is 59.8 Å². The number of aliphatic hydroxyl groups excluding tert-OH is 1. The predicted molar refractivity (Wildman–Crippen MR) is 81.8 cm³/mol. The average molecular weight is 363 g/mol. The van der Waals surface area contributed by atoms with Crippen LogP contribution in [0.2, 0.25) is 0 Å². The van der Waals surface area contributed by atoms with Crippen molar-refractivity contribution in [3.63, 3.8) is 0 Å². The van der Waals surface area contributed by atoms with E-state index in [0.717, 1.165) is 0 Å². The monoisotopic (exact) mass is 362 g/mol. The maximum absolute atomic E-state index is 12.7. The molecule has 0 aliphatic carbocycles. The Morgan fingerprint density at radius 2 is 2.15 bits per heavy atom. The molecular formula is C13H19BrN2O3S. The minimum absolute atomic E-state index is 0.00197. The molecular weight excluding hydrogens is 344 g/mol. The highest BCUT2D eigenvalue weighted by molar-refractivity contribution is 9.10. The van der Waals surface area contributed by atoms with Crippen molar-refractivity contribution in [1.82, 2.24) is 4.31 Å². The summed E-state index contributed by atoms with van der Waals surface area (Å²) in [6, 6.07) is 3.20. The molecule has 3 N–H and O–H groups in total. The van der Waals surface area contributed by atoms with Crippen LogP contribution in [0.5, 0.6) is 0 Å². The molecule has 7 heteroatoms. The summed E-state index contributed by atoms with van der Waals surface area (Å²) in [5.74, 6) is -0.00197.